The van der Waals surface area contributed by atoms with Gasteiger partial charge in [-0.15, -0.1) is 0 Å². The van der Waals surface area contributed by atoms with Crippen LogP contribution in [0.15, 0.2) is 42.6 Å². The van der Waals surface area contributed by atoms with Crippen molar-refractivity contribution < 1.29 is 14.3 Å². The zero-order valence-corrected chi connectivity index (χ0v) is 14.4. The van der Waals surface area contributed by atoms with Gasteiger partial charge < -0.3 is 14.8 Å². The maximum absolute atomic E-state index is 12.2. The van der Waals surface area contributed by atoms with E-state index in [1.165, 1.54) is 0 Å². The second kappa shape index (κ2) is 8.60. The van der Waals surface area contributed by atoms with Crippen molar-refractivity contribution in [2.45, 2.75) is 6.92 Å². The fourth-order valence-corrected chi connectivity index (χ4v) is 2.63. The van der Waals surface area contributed by atoms with Gasteiger partial charge in [0.05, 0.1) is 25.1 Å². The first kappa shape index (κ1) is 17.4. The van der Waals surface area contributed by atoms with Crippen LogP contribution in [0.4, 0.5) is 5.69 Å². The summed E-state index contributed by atoms with van der Waals surface area (Å²) in [5, 5.41) is 2.84. The fraction of sp³-hybridized carbons (Fsp3) is 0.368. The molecule has 3 rings (SSSR count). The molecule has 1 N–H and O–H groups in total. The Morgan fingerprint density at radius 3 is 2.84 bits per heavy atom. The number of carbonyl (C=O) groups is 1. The third-order valence-electron chi connectivity index (χ3n) is 4.04. The van der Waals surface area contributed by atoms with E-state index in [0.29, 0.717) is 23.7 Å². The molecule has 1 fully saturated rings. The molecule has 1 aliphatic rings. The van der Waals surface area contributed by atoms with Crippen molar-refractivity contribution in [1.29, 1.82) is 0 Å². The maximum atomic E-state index is 12.2. The van der Waals surface area contributed by atoms with Gasteiger partial charge in [-0.25, -0.2) is 4.98 Å². The summed E-state index contributed by atoms with van der Waals surface area (Å²) >= 11 is 0. The Balaban J connectivity index is 1.47. The van der Waals surface area contributed by atoms with E-state index in [1.807, 2.05) is 25.1 Å². The van der Waals surface area contributed by atoms with Crippen LogP contribution in [-0.4, -0.2) is 55.2 Å². The van der Waals surface area contributed by atoms with Crippen LogP contribution in [0.25, 0.3) is 0 Å². The van der Waals surface area contributed by atoms with Crippen LogP contribution < -0.4 is 10.1 Å². The van der Waals surface area contributed by atoms with Crippen molar-refractivity contribution >= 4 is 11.6 Å². The quantitative estimate of drug-likeness (QED) is 0.874. The monoisotopic (exact) mass is 341 g/mol. The number of amides is 1. The molecule has 1 aromatic heterocycles. The van der Waals surface area contributed by atoms with Crippen molar-refractivity contribution in [3.63, 3.8) is 0 Å². The number of rotatable bonds is 6. The molecule has 132 valence electrons. The molecule has 1 aliphatic heterocycles. The number of nitrogens with one attached hydrogen (secondary N) is 1. The van der Waals surface area contributed by atoms with E-state index in [2.05, 4.69) is 15.2 Å². The standard InChI is InChI=1S/C19H23N3O3/c1-15-3-2-4-16(13-15)19(23)21-17-5-6-18(20-14-17)25-12-9-22-7-10-24-11-8-22/h2-6,13-14H,7-12H2,1H3,(H,21,23). The summed E-state index contributed by atoms with van der Waals surface area (Å²) in [5.74, 6) is 0.410. The van der Waals surface area contributed by atoms with Crippen molar-refractivity contribution in [1.82, 2.24) is 9.88 Å². The summed E-state index contributed by atoms with van der Waals surface area (Å²) in [5.41, 5.74) is 2.33. The first-order valence-corrected chi connectivity index (χ1v) is 8.48. The Morgan fingerprint density at radius 2 is 2.12 bits per heavy atom. The Kier molecular flexibility index (Phi) is 5.98. The van der Waals surface area contributed by atoms with Gasteiger partial charge in [-0.2, -0.15) is 0 Å². The minimum Gasteiger partial charge on any atom is -0.476 e. The normalized spacial score (nSPS) is 14.9. The van der Waals surface area contributed by atoms with Crippen LogP contribution in [0.3, 0.4) is 0 Å². The van der Waals surface area contributed by atoms with Gasteiger partial charge in [0.25, 0.3) is 5.91 Å². The Morgan fingerprint density at radius 1 is 1.28 bits per heavy atom. The van der Waals surface area contributed by atoms with E-state index in [-0.39, 0.29) is 5.91 Å². The zero-order chi connectivity index (χ0) is 17.5. The van der Waals surface area contributed by atoms with E-state index in [4.69, 9.17) is 9.47 Å². The Hall–Kier alpha value is -2.44. The molecule has 0 aliphatic carbocycles. The van der Waals surface area contributed by atoms with E-state index < -0.39 is 0 Å². The lowest BCUT2D eigenvalue weighted by atomic mass is 10.1. The summed E-state index contributed by atoms with van der Waals surface area (Å²) in [7, 11) is 0. The van der Waals surface area contributed by atoms with Gasteiger partial charge in [-0.1, -0.05) is 17.7 Å². The van der Waals surface area contributed by atoms with Gasteiger partial charge in [-0.3, -0.25) is 9.69 Å². The molecule has 6 nitrogen and oxygen atoms in total. The highest BCUT2D eigenvalue weighted by Gasteiger charge is 2.10. The number of nitrogens with zero attached hydrogens (tertiary/aromatic N) is 2. The number of ether oxygens (including phenoxy) is 2. The lowest BCUT2D eigenvalue weighted by molar-refractivity contribution is 0.0320. The van der Waals surface area contributed by atoms with Gasteiger partial charge in [0.2, 0.25) is 5.88 Å². The van der Waals surface area contributed by atoms with Crippen molar-refractivity contribution in [3.05, 3.63) is 53.7 Å². The van der Waals surface area contributed by atoms with Crippen molar-refractivity contribution in [2.75, 3.05) is 44.8 Å². The zero-order valence-electron chi connectivity index (χ0n) is 14.4. The largest absolute Gasteiger partial charge is 0.476 e. The van der Waals surface area contributed by atoms with Crippen LogP contribution in [0.5, 0.6) is 5.88 Å². The second-order valence-corrected chi connectivity index (χ2v) is 6.01. The number of aryl methyl sites for hydroxylation is 1. The number of hydrogen-bond acceptors (Lipinski definition) is 5. The minimum atomic E-state index is -0.147. The van der Waals surface area contributed by atoms with E-state index >= 15 is 0 Å². The fourth-order valence-electron chi connectivity index (χ4n) is 2.63. The SMILES string of the molecule is Cc1cccc(C(=O)Nc2ccc(OCCN3CCOCC3)nc2)c1. The van der Waals surface area contributed by atoms with E-state index in [0.717, 1.165) is 38.4 Å². The van der Waals surface area contributed by atoms with Crippen molar-refractivity contribution in [2.24, 2.45) is 0 Å². The van der Waals surface area contributed by atoms with E-state index in [9.17, 15) is 4.79 Å². The third-order valence-corrected chi connectivity index (χ3v) is 4.04. The Labute approximate surface area is 147 Å². The molecule has 25 heavy (non-hydrogen) atoms. The molecular weight excluding hydrogens is 318 g/mol. The molecule has 0 spiro atoms. The molecule has 0 atom stereocenters. The van der Waals surface area contributed by atoms with Crippen LogP contribution in [0, 0.1) is 6.92 Å². The molecule has 0 radical (unpaired) electrons. The van der Waals surface area contributed by atoms with Gasteiger partial charge in [0.1, 0.15) is 6.61 Å². The summed E-state index contributed by atoms with van der Waals surface area (Å²) in [6, 6.07) is 11.0. The minimum absolute atomic E-state index is 0.147. The summed E-state index contributed by atoms with van der Waals surface area (Å²) < 4.78 is 11.0. The molecule has 6 heteroatoms. The predicted molar refractivity (Wildman–Crippen MR) is 96.1 cm³/mol. The molecule has 0 saturated carbocycles. The number of morpholine rings is 1. The second-order valence-electron chi connectivity index (χ2n) is 6.01. The maximum Gasteiger partial charge on any atom is 0.255 e. The average molecular weight is 341 g/mol. The molecular formula is C19H23N3O3. The summed E-state index contributed by atoms with van der Waals surface area (Å²) in [6.07, 6.45) is 1.61. The van der Waals surface area contributed by atoms with Gasteiger partial charge >= 0.3 is 0 Å². The Bertz CT molecular complexity index is 697. The lowest BCUT2D eigenvalue weighted by Crippen LogP contribution is -2.38. The van der Waals surface area contributed by atoms with Gasteiger partial charge in [0, 0.05) is 31.3 Å². The molecule has 0 bridgehead atoms. The first-order valence-electron chi connectivity index (χ1n) is 8.48. The third kappa shape index (κ3) is 5.27. The van der Waals surface area contributed by atoms with Crippen LogP contribution in [0.1, 0.15) is 15.9 Å². The smallest absolute Gasteiger partial charge is 0.255 e. The van der Waals surface area contributed by atoms with Crippen LogP contribution >= 0.6 is 0 Å². The van der Waals surface area contributed by atoms with Gasteiger partial charge in [0.15, 0.2) is 0 Å². The summed E-state index contributed by atoms with van der Waals surface area (Å²) in [6.45, 7) is 6.86. The molecule has 0 unspecified atom stereocenters. The average Bonchev–Trinajstić information content (AvgIpc) is 2.64. The number of aromatic nitrogens is 1. The molecule has 2 aromatic rings. The first-order chi connectivity index (χ1) is 12.2. The number of benzene rings is 1. The van der Waals surface area contributed by atoms with Crippen LogP contribution in [-0.2, 0) is 4.74 Å². The number of hydrogen-bond donors (Lipinski definition) is 1. The number of anilines is 1. The number of carbonyl (C=O) groups excluding carboxylic acids is 1. The molecule has 1 aromatic carbocycles. The predicted octanol–water partition coefficient (Wildman–Crippen LogP) is 2.35. The molecule has 2 heterocycles. The molecule has 1 amide bonds. The van der Waals surface area contributed by atoms with Gasteiger partial charge in [-0.05, 0) is 25.1 Å². The van der Waals surface area contributed by atoms with Crippen LogP contribution in [0.2, 0.25) is 0 Å². The highest BCUT2D eigenvalue weighted by molar-refractivity contribution is 6.04. The highest BCUT2D eigenvalue weighted by atomic mass is 16.5. The number of pyridine rings is 1. The summed E-state index contributed by atoms with van der Waals surface area (Å²) in [4.78, 5) is 18.8. The van der Waals surface area contributed by atoms with E-state index in [1.54, 1.807) is 24.4 Å². The highest BCUT2D eigenvalue weighted by Crippen LogP contribution is 2.13. The lowest BCUT2D eigenvalue weighted by Gasteiger charge is -2.26. The molecule has 1 saturated heterocycles. The van der Waals surface area contributed by atoms with Crippen molar-refractivity contribution in [3.8, 4) is 5.88 Å². The topological polar surface area (TPSA) is 63.7 Å².